The summed E-state index contributed by atoms with van der Waals surface area (Å²) in [5.74, 6) is 2.19. The highest BCUT2D eigenvalue weighted by Crippen LogP contribution is 2.70. The van der Waals surface area contributed by atoms with Gasteiger partial charge in [0.15, 0.2) is 0 Å². The first-order chi connectivity index (χ1) is 10.5. The van der Waals surface area contributed by atoms with Crippen molar-refractivity contribution in [2.45, 2.75) is 73.6 Å². The van der Waals surface area contributed by atoms with Crippen molar-refractivity contribution in [1.82, 2.24) is 0 Å². The molecule has 0 N–H and O–H groups in total. The van der Waals surface area contributed by atoms with E-state index in [9.17, 15) is 9.59 Å². The Morgan fingerprint density at radius 1 is 0.739 bits per heavy atom. The Morgan fingerprint density at radius 3 is 1.35 bits per heavy atom. The van der Waals surface area contributed by atoms with Gasteiger partial charge in [0.2, 0.25) is 0 Å². The smallest absolute Gasteiger partial charge is 0.142 e. The number of fused-ring (bicyclic) bond motifs is 4. The molecule has 6 atom stereocenters. The molecule has 0 radical (unpaired) electrons. The summed E-state index contributed by atoms with van der Waals surface area (Å²) in [6.45, 7) is 13.5. The highest BCUT2D eigenvalue weighted by molar-refractivity contribution is 5.94. The van der Waals surface area contributed by atoms with E-state index < -0.39 is 0 Å². The molecule has 0 heterocycles. The lowest BCUT2D eigenvalue weighted by Crippen LogP contribution is -2.36. The maximum Gasteiger partial charge on any atom is 0.142 e. The van der Waals surface area contributed by atoms with Gasteiger partial charge in [-0.2, -0.15) is 0 Å². The van der Waals surface area contributed by atoms with Crippen LogP contribution in [0.3, 0.4) is 0 Å². The zero-order valence-electron chi connectivity index (χ0n) is 15.7. The maximum absolute atomic E-state index is 13.1. The van der Waals surface area contributed by atoms with Gasteiger partial charge in [-0.15, -0.1) is 0 Å². The standard InChI is InChI=1S/C21H32O2/c1-18(2)14-7-9-20(18,5)16(22)12(14)11-13-15-8-10-21(6,17(13)23)19(15,3)4/h12-15H,7-11H2,1-6H3/t12-,13-,14-,15+,20-,21-/m1/s1. The summed E-state index contributed by atoms with van der Waals surface area (Å²) in [5, 5.41) is 0. The second-order valence-corrected chi connectivity index (χ2v) is 10.6. The topological polar surface area (TPSA) is 34.1 Å². The fourth-order valence-electron chi connectivity index (χ4n) is 7.36. The Bertz CT molecular complexity index is 549. The van der Waals surface area contributed by atoms with Crippen molar-refractivity contribution in [2.75, 3.05) is 0 Å². The molecule has 0 unspecified atom stereocenters. The molecule has 4 fully saturated rings. The van der Waals surface area contributed by atoms with Gasteiger partial charge in [0, 0.05) is 22.7 Å². The first-order valence-corrected chi connectivity index (χ1v) is 9.57. The van der Waals surface area contributed by atoms with Crippen molar-refractivity contribution in [1.29, 1.82) is 0 Å². The average molecular weight is 316 g/mol. The summed E-state index contributed by atoms with van der Waals surface area (Å²) in [6.07, 6.45) is 5.28. The first-order valence-electron chi connectivity index (χ1n) is 9.57. The third kappa shape index (κ3) is 1.48. The quantitative estimate of drug-likeness (QED) is 0.742. The van der Waals surface area contributed by atoms with Crippen LogP contribution >= 0.6 is 0 Å². The van der Waals surface area contributed by atoms with E-state index in [1.165, 1.54) is 12.8 Å². The van der Waals surface area contributed by atoms with Gasteiger partial charge in [-0.1, -0.05) is 41.5 Å². The van der Waals surface area contributed by atoms with E-state index in [4.69, 9.17) is 0 Å². The van der Waals surface area contributed by atoms with Crippen molar-refractivity contribution in [3.63, 3.8) is 0 Å². The number of ketones is 2. The summed E-state index contributed by atoms with van der Waals surface area (Å²) in [4.78, 5) is 26.3. The van der Waals surface area contributed by atoms with Crippen LogP contribution in [0.4, 0.5) is 0 Å². The number of hydrogen-bond donors (Lipinski definition) is 0. The predicted octanol–water partition coefficient (Wildman–Crippen LogP) is 4.66. The van der Waals surface area contributed by atoms with Crippen LogP contribution in [0.15, 0.2) is 0 Å². The van der Waals surface area contributed by atoms with Crippen molar-refractivity contribution < 1.29 is 9.59 Å². The fourth-order valence-corrected chi connectivity index (χ4v) is 7.36. The molecule has 0 aliphatic heterocycles. The zero-order chi connectivity index (χ0) is 17.0. The van der Waals surface area contributed by atoms with Crippen LogP contribution in [0, 0.1) is 45.3 Å². The molecule has 0 aromatic carbocycles. The Balaban J connectivity index is 1.64. The van der Waals surface area contributed by atoms with E-state index in [1.54, 1.807) is 0 Å². The van der Waals surface area contributed by atoms with E-state index in [0.717, 1.165) is 19.3 Å². The van der Waals surface area contributed by atoms with Crippen LogP contribution in [0.2, 0.25) is 0 Å². The molecule has 4 rings (SSSR count). The summed E-state index contributed by atoms with van der Waals surface area (Å²) in [6, 6.07) is 0. The number of carbonyl (C=O) groups excluding carboxylic acids is 2. The highest BCUT2D eigenvalue weighted by atomic mass is 16.1. The number of Topliss-reactive ketones (excluding diaryl/α,β-unsaturated/α-hetero) is 2. The molecule has 4 bridgehead atoms. The van der Waals surface area contributed by atoms with Gasteiger partial charge in [0.1, 0.15) is 11.6 Å². The number of carbonyl (C=O) groups is 2. The lowest BCUT2D eigenvalue weighted by Gasteiger charge is -2.32. The number of hydrogen-bond acceptors (Lipinski definition) is 2. The van der Waals surface area contributed by atoms with E-state index in [-0.39, 0.29) is 33.5 Å². The Morgan fingerprint density at radius 2 is 1.09 bits per heavy atom. The summed E-state index contributed by atoms with van der Waals surface area (Å²) >= 11 is 0. The summed E-state index contributed by atoms with van der Waals surface area (Å²) in [5.41, 5.74) is -0.0888. The Kier molecular flexibility index (Phi) is 2.83. The third-order valence-electron chi connectivity index (χ3n) is 9.85. The molecule has 0 spiro atoms. The minimum Gasteiger partial charge on any atom is -0.299 e. The largest absolute Gasteiger partial charge is 0.299 e. The first kappa shape index (κ1) is 15.8. The van der Waals surface area contributed by atoms with Crippen molar-refractivity contribution in [3.8, 4) is 0 Å². The van der Waals surface area contributed by atoms with Crippen LogP contribution in [-0.2, 0) is 9.59 Å². The van der Waals surface area contributed by atoms with Gasteiger partial charge in [0.05, 0.1) is 0 Å². The Hall–Kier alpha value is -0.660. The lowest BCUT2D eigenvalue weighted by atomic mass is 9.70. The van der Waals surface area contributed by atoms with Crippen LogP contribution in [0.25, 0.3) is 0 Å². The van der Waals surface area contributed by atoms with Crippen molar-refractivity contribution >= 4 is 11.6 Å². The predicted molar refractivity (Wildman–Crippen MR) is 90.8 cm³/mol. The van der Waals surface area contributed by atoms with Crippen molar-refractivity contribution in [2.24, 2.45) is 45.3 Å². The molecule has 128 valence electrons. The second-order valence-electron chi connectivity index (χ2n) is 10.6. The van der Waals surface area contributed by atoms with E-state index in [1.807, 2.05) is 0 Å². The van der Waals surface area contributed by atoms with Crippen LogP contribution in [0.1, 0.15) is 73.6 Å². The van der Waals surface area contributed by atoms with Gasteiger partial charge >= 0.3 is 0 Å². The van der Waals surface area contributed by atoms with E-state index in [0.29, 0.717) is 23.4 Å². The second kappa shape index (κ2) is 4.11. The molecule has 23 heavy (non-hydrogen) atoms. The molecular weight excluding hydrogens is 284 g/mol. The Labute approximate surface area is 140 Å². The monoisotopic (exact) mass is 316 g/mol. The fraction of sp³-hybridized carbons (Fsp3) is 0.905. The average Bonchev–Trinajstić information content (AvgIpc) is 2.93. The van der Waals surface area contributed by atoms with Crippen LogP contribution < -0.4 is 0 Å². The molecule has 2 heteroatoms. The molecule has 2 nitrogen and oxygen atoms in total. The SMILES string of the molecule is CC1(C)[C@@H]2CC[C@]1(C)C(=O)[C@@H]2C[C@H]1C(=O)[C@@]2(C)CC[C@@H]1C2(C)C. The zero-order valence-corrected chi connectivity index (χ0v) is 15.7. The van der Waals surface area contributed by atoms with Gasteiger partial charge in [-0.3, -0.25) is 9.59 Å². The normalized spacial score (nSPS) is 52.6. The molecule has 0 aromatic rings. The molecule has 4 aliphatic carbocycles. The molecule has 4 saturated carbocycles. The van der Waals surface area contributed by atoms with Crippen LogP contribution in [0.5, 0.6) is 0 Å². The maximum atomic E-state index is 13.1. The lowest BCUT2D eigenvalue weighted by molar-refractivity contribution is -0.134. The van der Waals surface area contributed by atoms with E-state index >= 15 is 0 Å². The highest BCUT2D eigenvalue weighted by Gasteiger charge is 2.70. The van der Waals surface area contributed by atoms with Crippen LogP contribution in [-0.4, -0.2) is 11.6 Å². The number of rotatable bonds is 2. The third-order valence-corrected chi connectivity index (χ3v) is 9.85. The van der Waals surface area contributed by atoms with Gasteiger partial charge < -0.3 is 0 Å². The summed E-state index contributed by atoms with van der Waals surface area (Å²) < 4.78 is 0. The van der Waals surface area contributed by atoms with Crippen molar-refractivity contribution in [3.05, 3.63) is 0 Å². The van der Waals surface area contributed by atoms with Gasteiger partial charge in [0.25, 0.3) is 0 Å². The molecule has 0 aromatic heterocycles. The van der Waals surface area contributed by atoms with E-state index in [2.05, 4.69) is 41.5 Å². The minimum atomic E-state index is -0.150. The van der Waals surface area contributed by atoms with Gasteiger partial charge in [-0.05, 0) is 54.8 Å². The molecule has 4 aliphatic rings. The molecular formula is C21H32O2. The molecule has 0 amide bonds. The molecule has 0 saturated heterocycles. The van der Waals surface area contributed by atoms with Gasteiger partial charge in [-0.25, -0.2) is 0 Å². The minimum absolute atomic E-state index is 0.106. The summed E-state index contributed by atoms with van der Waals surface area (Å²) in [7, 11) is 0.